The summed E-state index contributed by atoms with van der Waals surface area (Å²) in [5, 5.41) is 9.10. The number of nitrogens with zero attached hydrogens (tertiary/aromatic N) is 3. The number of pyridine rings is 2. The van der Waals surface area contributed by atoms with E-state index < -0.39 is 11.9 Å². The number of amides is 1. The number of hydrogen-bond acceptors (Lipinski definition) is 5. The van der Waals surface area contributed by atoms with Gasteiger partial charge in [0.2, 0.25) is 5.91 Å². The Morgan fingerprint density at radius 2 is 2.04 bits per heavy atom. The molecule has 0 radical (unpaired) electrons. The van der Waals surface area contributed by atoms with Crippen LogP contribution in [0.25, 0.3) is 22.0 Å². The van der Waals surface area contributed by atoms with Crippen LogP contribution in [0.4, 0.5) is 24.8 Å². The minimum absolute atomic E-state index is 0.00541. The maximum absolute atomic E-state index is 13.1. The van der Waals surface area contributed by atoms with E-state index in [9.17, 15) is 18.0 Å². The molecule has 3 aromatic rings. The molecule has 3 aromatic heterocycles. The molecule has 1 aliphatic carbocycles. The van der Waals surface area contributed by atoms with Crippen LogP contribution >= 0.6 is 0 Å². The molecule has 0 aromatic carbocycles. The molecule has 7 nitrogen and oxygen atoms in total. The zero-order valence-corrected chi connectivity index (χ0v) is 13.3. The normalized spacial score (nSPS) is 14.6. The van der Waals surface area contributed by atoms with Gasteiger partial charge < -0.3 is 11.1 Å². The van der Waals surface area contributed by atoms with E-state index in [1.54, 1.807) is 6.07 Å². The highest BCUT2D eigenvalue weighted by molar-refractivity contribution is 5.98. The van der Waals surface area contributed by atoms with E-state index in [1.165, 1.54) is 12.3 Å². The summed E-state index contributed by atoms with van der Waals surface area (Å²) >= 11 is 0. The van der Waals surface area contributed by atoms with Crippen molar-refractivity contribution in [3.8, 4) is 11.3 Å². The van der Waals surface area contributed by atoms with Crippen LogP contribution in [-0.4, -0.2) is 26.1 Å². The van der Waals surface area contributed by atoms with Gasteiger partial charge in [0.15, 0.2) is 0 Å². The fourth-order valence-electron chi connectivity index (χ4n) is 2.65. The number of rotatable bonds is 3. The van der Waals surface area contributed by atoms with Crippen LogP contribution < -0.4 is 11.1 Å². The molecule has 0 bridgehead atoms. The number of anilines is 2. The third-order valence-electron chi connectivity index (χ3n) is 4.14. The SMILES string of the molecule is Nc1nc(-c2cn[nH]c2C(F)(F)F)cc2cc(NC(=O)C3CC3)ncc12. The largest absolute Gasteiger partial charge is 0.433 e. The van der Waals surface area contributed by atoms with Gasteiger partial charge >= 0.3 is 6.18 Å². The van der Waals surface area contributed by atoms with Crippen molar-refractivity contribution in [3.63, 3.8) is 0 Å². The minimum atomic E-state index is -4.60. The van der Waals surface area contributed by atoms with Crippen molar-refractivity contribution in [1.82, 2.24) is 20.2 Å². The zero-order valence-electron chi connectivity index (χ0n) is 13.3. The summed E-state index contributed by atoms with van der Waals surface area (Å²) < 4.78 is 39.2. The summed E-state index contributed by atoms with van der Waals surface area (Å²) in [7, 11) is 0. The molecule has 0 unspecified atom stereocenters. The van der Waals surface area contributed by atoms with Gasteiger partial charge in [0.1, 0.15) is 17.3 Å². The predicted molar refractivity (Wildman–Crippen MR) is 87.9 cm³/mol. The fourth-order valence-corrected chi connectivity index (χ4v) is 2.65. The van der Waals surface area contributed by atoms with E-state index >= 15 is 0 Å². The van der Waals surface area contributed by atoms with E-state index in [0.29, 0.717) is 16.6 Å². The number of carbonyl (C=O) groups is 1. The van der Waals surface area contributed by atoms with Crippen LogP contribution in [-0.2, 0) is 11.0 Å². The molecule has 4 rings (SSSR count). The molecule has 3 heterocycles. The van der Waals surface area contributed by atoms with Gasteiger partial charge in [-0.3, -0.25) is 9.89 Å². The lowest BCUT2D eigenvalue weighted by Crippen LogP contribution is -2.14. The van der Waals surface area contributed by atoms with Crippen molar-refractivity contribution >= 4 is 28.3 Å². The molecule has 1 amide bonds. The number of nitrogen functional groups attached to an aromatic ring is 1. The Morgan fingerprint density at radius 1 is 1.27 bits per heavy atom. The summed E-state index contributed by atoms with van der Waals surface area (Å²) in [4.78, 5) is 20.0. The maximum Gasteiger partial charge on any atom is 0.433 e. The smallest absolute Gasteiger partial charge is 0.383 e. The number of carbonyl (C=O) groups excluding carboxylic acids is 1. The maximum atomic E-state index is 13.1. The first-order chi connectivity index (χ1) is 12.3. The molecular weight excluding hydrogens is 349 g/mol. The van der Waals surface area contributed by atoms with Gasteiger partial charge in [-0.15, -0.1) is 0 Å². The number of aromatic nitrogens is 4. The van der Waals surface area contributed by atoms with Crippen LogP contribution in [0.3, 0.4) is 0 Å². The van der Waals surface area contributed by atoms with Crippen LogP contribution in [0.15, 0.2) is 24.5 Å². The molecule has 4 N–H and O–H groups in total. The Morgan fingerprint density at radius 3 is 2.73 bits per heavy atom. The molecule has 1 aliphatic rings. The van der Waals surface area contributed by atoms with Crippen LogP contribution in [0.1, 0.15) is 18.5 Å². The average molecular weight is 362 g/mol. The number of alkyl halides is 3. The lowest BCUT2D eigenvalue weighted by atomic mass is 10.1. The van der Waals surface area contributed by atoms with Gasteiger partial charge in [0.25, 0.3) is 0 Å². The predicted octanol–water partition coefficient (Wildman–Crippen LogP) is 2.97. The van der Waals surface area contributed by atoms with Gasteiger partial charge in [-0.2, -0.15) is 18.3 Å². The Labute approximate surface area is 144 Å². The number of hydrogen-bond donors (Lipinski definition) is 3. The molecule has 26 heavy (non-hydrogen) atoms. The Kier molecular flexibility index (Phi) is 3.56. The third-order valence-corrected chi connectivity index (χ3v) is 4.14. The average Bonchev–Trinajstić information content (AvgIpc) is 3.29. The number of aromatic amines is 1. The van der Waals surface area contributed by atoms with E-state index in [0.717, 1.165) is 19.0 Å². The lowest BCUT2D eigenvalue weighted by molar-refractivity contribution is -0.140. The zero-order chi connectivity index (χ0) is 18.5. The quantitative estimate of drug-likeness (QED) is 0.664. The lowest BCUT2D eigenvalue weighted by Gasteiger charge is -2.10. The highest BCUT2D eigenvalue weighted by Crippen LogP contribution is 2.36. The van der Waals surface area contributed by atoms with E-state index in [4.69, 9.17) is 5.73 Å². The number of nitrogens with one attached hydrogen (secondary N) is 2. The molecule has 1 fully saturated rings. The van der Waals surface area contributed by atoms with Crippen molar-refractivity contribution < 1.29 is 18.0 Å². The Bertz CT molecular complexity index is 1010. The van der Waals surface area contributed by atoms with Crippen molar-refractivity contribution in [2.24, 2.45) is 5.92 Å². The van der Waals surface area contributed by atoms with Crippen molar-refractivity contribution in [2.75, 3.05) is 11.1 Å². The second-order valence-electron chi connectivity index (χ2n) is 6.10. The molecule has 0 atom stereocenters. The van der Waals surface area contributed by atoms with E-state index in [-0.39, 0.29) is 28.9 Å². The molecule has 10 heteroatoms. The first-order valence-corrected chi connectivity index (χ1v) is 7.81. The van der Waals surface area contributed by atoms with Crippen LogP contribution in [0, 0.1) is 5.92 Å². The summed E-state index contributed by atoms with van der Waals surface area (Å²) in [6.07, 6.45) is -0.418. The van der Waals surface area contributed by atoms with Gasteiger partial charge in [0.05, 0.1) is 17.5 Å². The van der Waals surface area contributed by atoms with Gasteiger partial charge in [-0.25, -0.2) is 9.97 Å². The van der Waals surface area contributed by atoms with Gasteiger partial charge in [-0.1, -0.05) is 0 Å². The third kappa shape index (κ3) is 2.93. The van der Waals surface area contributed by atoms with Crippen molar-refractivity contribution in [1.29, 1.82) is 0 Å². The molecule has 0 aliphatic heterocycles. The monoisotopic (exact) mass is 362 g/mol. The number of halogens is 3. The van der Waals surface area contributed by atoms with Crippen molar-refractivity contribution in [2.45, 2.75) is 19.0 Å². The summed E-state index contributed by atoms with van der Waals surface area (Å²) in [6.45, 7) is 0. The summed E-state index contributed by atoms with van der Waals surface area (Å²) in [5.74, 6) is 0.243. The molecule has 0 spiro atoms. The van der Waals surface area contributed by atoms with Crippen molar-refractivity contribution in [3.05, 3.63) is 30.2 Å². The Balaban J connectivity index is 1.77. The summed E-state index contributed by atoms with van der Waals surface area (Å²) in [5.41, 5.74) is 4.71. The van der Waals surface area contributed by atoms with Crippen LogP contribution in [0.2, 0.25) is 0 Å². The number of nitrogens with two attached hydrogens (primary N) is 1. The molecular formula is C16H13F3N6O. The first kappa shape index (κ1) is 16.3. The number of fused-ring (bicyclic) bond motifs is 1. The highest BCUT2D eigenvalue weighted by Gasteiger charge is 2.36. The molecule has 0 saturated heterocycles. The first-order valence-electron chi connectivity index (χ1n) is 7.81. The fraction of sp³-hybridized carbons (Fsp3) is 0.250. The van der Waals surface area contributed by atoms with Crippen LogP contribution in [0.5, 0.6) is 0 Å². The minimum Gasteiger partial charge on any atom is -0.383 e. The molecule has 134 valence electrons. The highest BCUT2D eigenvalue weighted by atomic mass is 19.4. The second kappa shape index (κ2) is 5.68. The Hall–Kier alpha value is -3.17. The summed E-state index contributed by atoms with van der Waals surface area (Å²) in [6, 6.07) is 3.02. The van der Waals surface area contributed by atoms with Gasteiger partial charge in [-0.05, 0) is 30.4 Å². The topological polar surface area (TPSA) is 110 Å². The standard InChI is InChI=1S/C16H13F3N6O/c17-16(18,19)13-10(6-22-25-13)11-3-8-4-12(24-15(26)7-1-2-7)21-5-9(8)14(20)23-11/h3-7H,1-2H2,(H2,20,23)(H,22,25)(H,21,24,26). The van der Waals surface area contributed by atoms with E-state index in [2.05, 4.69) is 20.4 Å². The number of H-pyrrole nitrogens is 1. The molecule has 1 saturated carbocycles. The van der Waals surface area contributed by atoms with Gasteiger partial charge in [0, 0.05) is 17.5 Å². The van der Waals surface area contributed by atoms with E-state index in [1.807, 2.05) is 5.10 Å². The second-order valence-corrected chi connectivity index (χ2v) is 6.10.